The zero-order valence-corrected chi connectivity index (χ0v) is 34.8. The Hall–Kier alpha value is -4.39. The van der Waals surface area contributed by atoms with Crippen molar-refractivity contribution in [3.05, 3.63) is 126 Å². The van der Waals surface area contributed by atoms with Crippen LogP contribution in [0.4, 0.5) is 0 Å². The third-order valence-electron chi connectivity index (χ3n) is 10.7. The van der Waals surface area contributed by atoms with Gasteiger partial charge in [0.2, 0.25) is 0 Å². The Morgan fingerprint density at radius 3 is 1.36 bits per heavy atom. The summed E-state index contributed by atoms with van der Waals surface area (Å²) >= 11 is 13.9. The minimum atomic E-state index is -0.389. The summed E-state index contributed by atoms with van der Waals surface area (Å²) in [6.07, 6.45) is 0.483. The molecule has 2 aromatic heterocycles. The molecule has 304 valence electrons. The normalized spacial score (nSPS) is 15.1. The number of rotatable bonds is 12. The van der Waals surface area contributed by atoms with Gasteiger partial charge < -0.3 is 27.8 Å². The number of benzene rings is 4. The second kappa shape index (κ2) is 18.7. The SMILES string of the molecule is Cc1c(OCCCOc2c(Cl)cc3c(-c4ccccc4)c(CN4CCOCC4)c(=O)oc3c2C)c(Cl)cc2c(-c3ccccc3)c(CN3CCOCC3)c(=O)oc12.Cl. The molecule has 4 heterocycles. The molecule has 58 heavy (non-hydrogen) atoms. The van der Waals surface area contributed by atoms with Gasteiger partial charge >= 0.3 is 11.3 Å². The molecule has 0 N–H and O–H groups in total. The summed E-state index contributed by atoms with van der Waals surface area (Å²) in [4.78, 5) is 31.8. The smallest absolute Gasteiger partial charge is 0.341 e. The number of hydrogen-bond donors (Lipinski definition) is 0. The Bertz CT molecular complexity index is 2340. The highest BCUT2D eigenvalue weighted by Crippen LogP contribution is 2.42. The lowest BCUT2D eigenvalue weighted by Gasteiger charge is -2.27. The topological polar surface area (TPSA) is 104 Å². The van der Waals surface area contributed by atoms with Gasteiger partial charge in [0.05, 0.1) is 60.8 Å². The van der Waals surface area contributed by atoms with Crippen molar-refractivity contribution in [2.24, 2.45) is 0 Å². The molecule has 2 aliphatic heterocycles. The van der Waals surface area contributed by atoms with E-state index in [9.17, 15) is 9.59 Å². The molecule has 2 fully saturated rings. The van der Waals surface area contributed by atoms with Crippen LogP contribution in [0.1, 0.15) is 28.7 Å². The lowest BCUT2D eigenvalue weighted by molar-refractivity contribution is 0.0338. The molecule has 0 spiro atoms. The molecule has 2 aliphatic rings. The largest absolute Gasteiger partial charge is 0.491 e. The molecule has 0 atom stereocenters. The number of fused-ring (bicyclic) bond motifs is 2. The average molecular weight is 848 g/mol. The molecule has 0 unspecified atom stereocenters. The van der Waals surface area contributed by atoms with E-state index in [-0.39, 0.29) is 36.9 Å². The van der Waals surface area contributed by atoms with Crippen LogP contribution in [-0.4, -0.2) is 75.6 Å². The van der Waals surface area contributed by atoms with Gasteiger partial charge in [-0.3, -0.25) is 9.80 Å². The van der Waals surface area contributed by atoms with Crippen LogP contribution in [0.5, 0.6) is 11.5 Å². The van der Waals surface area contributed by atoms with Crippen molar-refractivity contribution >= 4 is 57.5 Å². The van der Waals surface area contributed by atoms with Crippen molar-refractivity contribution in [3.63, 3.8) is 0 Å². The third-order valence-corrected chi connectivity index (χ3v) is 11.3. The van der Waals surface area contributed by atoms with Gasteiger partial charge in [0.1, 0.15) is 22.7 Å². The third kappa shape index (κ3) is 8.65. The van der Waals surface area contributed by atoms with E-state index in [4.69, 9.17) is 51.0 Å². The second-order valence-corrected chi connectivity index (χ2v) is 15.2. The predicted octanol–water partition coefficient (Wildman–Crippen LogP) is 9.09. The molecule has 0 aliphatic carbocycles. The highest BCUT2D eigenvalue weighted by Gasteiger charge is 2.26. The van der Waals surface area contributed by atoms with Crippen LogP contribution >= 0.6 is 35.6 Å². The molecule has 0 saturated carbocycles. The molecule has 6 aromatic rings. The summed E-state index contributed by atoms with van der Waals surface area (Å²) in [7, 11) is 0. The zero-order chi connectivity index (χ0) is 39.5. The van der Waals surface area contributed by atoms with Crippen molar-refractivity contribution in [3.8, 4) is 33.8 Å². The van der Waals surface area contributed by atoms with Crippen LogP contribution in [0, 0.1) is 13.8 Å². The number of halogens is 3. The fraction of sp³-hybridized carbons (Fsp3) is 0.333. The van der Waals surface area contributed by atoms with E-state index in [0.717, 1.165) is 59.2 Å². The number of hydrogen-bond acceptors (Lipinski definition) is 10. The summed E-state index contributed by atoms with van der Waals surface area (Å²) in [5.41, 5.74) is 5.96. The lowest BCUT2D eigenvalue weighted by atomic mass is 9.95. The first-order chi connectivity index (χ1) is 27.8. The van der Waals surface area contributed by atoms with E-state index in [1.54, 1.807) is 0 Å². The maximum Gasteiger partial charge on any atom is 0.341 e. The number of aryl methyl sites for hydroxylation is 2. The van der Waals surface area contributed by atoms with Crippen molar-refractivity contribution in [1.82, 2.24) is 9.80 Å². The first kappa shape index (κ1) is 41.8. The van der Waals surface area contributed by atoms with E-state index >= 15 is 0 Å². The lowest BCUT2D eigenvalue weighted by Crippen LogP contribution is -2.37. The van der Waals surface area contributed by atoms with E-state index in [1.165, 1.54) is 0 Å². The standard InChI is InChI=1S/C45H44Cl2N2O8.ClH/c1-28-40-32(38(30-10-5-3-6-11-30)34(44(50)56-40)26-48-14-20-52-21-15-48)24-36(46)42(28)54-18-9-19-55-43-29(2)41-33(25-37(43)47)39(31-12-7-4-8-13-31)35(45(51)57-41)27-49-16-22-53-23-17-49;/h3-8,10-13,24-25H,9,14-23,26-27H2,1-2H3;1H. The Morgan fingerprint density at radius 2 is 0.983 bits per heavy atom. The van der Waals surface area contributed by atoms with E-state index in [1.807, 2.05) is 86.6 Å². The quantitative estimate of drug-likeness (QED) is 0.0876. The Labute approximate surface area is 352 Å². The fourth-order valence-electron chi connectivity index (χ4n) is 7.84. The van der Waals surface area contributed by atoms with Gasteiger partial charge in [0, 0.05) is 78.7 Å². The first-order valence-electron chi connectivity index (χ1n) is 19.3. The minimum absolute atomic E-state index is 0. The van der Waals surface area contributed by atoms with Crippen LogP contribution < -0.4 is 20.7 Å². The number of nitrogens with zero attached hydrogens (tertiary/aromatic N) is 2. The highest BCUT2D eigenvalue weighted by atomic mass is 35.5. The van der Waals surface area contributed by atoms with Crippen molar-refractivity contribution < 1.29 is 27.8 Å². The Morgan fingerprint density at radius 1 is 0.603 bits per heavy atom. The van der Waals surface area contributed by atoms with Gasteiger partial charge in [-0.05, 0) is 37.1 Å². The summed E-state index contributed by atoms with van der Waals surface area (Å²) in [5.74, 6) is 0.880. The van der Waals surface area contributed by atoms with Gasteiger partial charge in [0.25, 0.3) is 0 Å². The molecule has 2 saturated heterocycles. The van der Waals surface area contributed by atoms with Crippen LogP contribution in [0.15, 0.2) is 91.2 Å². The van der Waals surface area contributed by atoms with Gasteiger partial charge in [-0.2, -0.15) is 0 Å². The Kier molecular flexibility index (Phi) is 13.4. The molecule has 8 rings (SSSR count). The highest BCUT2D eigenvalue weighted by molar-refractivity contribution is 6.33. The van der Waals surface area contributed by atoms with Gasteiger partial charge in [-0.1, -0.05) is 83.9 Å². The van der Waals surface area contributed by atoms with Crippen LogP contribution in [0.25, 0.3) is 44.2 Å². The Balaban J connectivity index is 0.00000512. The molecular weight excluding hydrogens is 803 g/mol. The maximum absolute atomic E-state index is 13.7. The molecule has 0 amide bonds. The maximum atomic E-state index is 13.7. The van der Waals surface area contributed by atoms with Crippen molar-refractivity contribution in [2.45, 2.75) is 33.4 Å². The van der Waals surface area contributed by atoms with Crippen molar-refractivity contribution in [1.29, 1.82) is 0 Å². The van der Waals surface area contributed by atoms with E-state index < -0.39 is 0 Å². The molecule has 13 heteroatoms. The zero-order valence-electron chi connectivity index (χ0n) is 32.4. The molecule has 4 aromatic carbocycles. The first-order valence-corrected chi connectivity index (χ1v) is 20.1. The summed E-state index contributed by atoms with van der Waals surface area (Å²) in [6, 6.07) is 23.3. The average Bonchev–Trinajstić information content (AvgIpc) is 3.23. The number of morpholine rings is 2. The van der Waals surface area contributed by atoms with Crippen LogP contribution in [0.2, 0.25) is 10.0 Å². The van der Waals surface area contributed by atoms with Gasteiger partial charge in [-0.25, -0.2) is 9.59 Å². The summed E-state index contributed by atoms with van der Waals surface area (Å²) < 4.78 is 35.6. The molecule has 0 radical (unpaired) electrons. The number of ether oxygens (including phenoxy) is 4. The second-order valence-electron chi connectivity index (χ2n) is 14.4. The van der Waals surface area contributed by atoms with Crippen molar-refractivity contribution in [2.75, 3.05) is 65.8 Å². The van der Waals surface area contributed by atoms with Gasteiger partial charge in [-0.15, -0.1) is 12.4 Å². The molecule has 10 nitrogen and oxygen atoms in total. The predicted molar refractivity (Wildman–Crippen MR) is 230 cm³/mol. The summed E-state index contributed by atoms with van der Waals surface area (Å²) in [6.45, 7) is 10.5. The van der Waals surface area contributed by atoms with Crippen LogP contribution in [0.3, 0.4) is 0 Å². The van der Waals surface area contributed by atoms with Crippen LogP contribution in [-0.2, 0) is 22.6 Å². The fourth-order valence-corrected chi connectivity index (χ4v) is 8.45. The molecule has 0 bridgehead atoms. The van der Waals surface area contributed by atoms with Gasteiger partial charge in [0.15, 0.2) is 0 Å². The van der Waals surface area contributed by atoms with E-state index in [0.29, 0.717) is 101 Å². The van der Waals surface area contributed by atoms with E-state index in [2.05, 4.69) is 9.80 Å². The minimum Gasteiger partial charge on any atom is -0.491 e. The summed E-state index contributed by atoms with van der Waals surface area (Å²) in [5, 5.41) is 2.32. The molecular formula is C45H45Cl3N2O8. The monoisotopic (exact) mass is 846 g/mol.